The van der Waals surface area contributed by atoms with Crippen molar-refractivity contribution in [3.8, 4) is 0 Å². The Morgan fingerprint density at radius 3 is 2.95 bits per heavy atom. The highest BCUT2D eigenvalue weighted by atomic mass is 35.5. The van der Waals surface area contributed by atoms with Crippen molar-refractivity contribution in [2.75, 3.05) is 18.9 Å². The molecule has 0 spiro atoms. The molecule has 1 unspecified atom stereocenters. The van der Waals surface area contributed by atoms with Crippen LogP contribution in [0.15, 0.2) is 41.5 Å². The molecule has 0 bridgehead atoms. The average molecular weight is 612 g/mol. The molecule has 13 nitrogen and oxygen atoms in total. The predicted octanol–water partition coefficient (Wildman–Crippen LogP) is 4.84. The summed E-state index contributed by atoms with van der Waals surface area (Å²) >= 11 is 6.02. The zero-order chi connectivity index (χ0) is 29.5. The largest absolute Gasteiger partial charge is 0.508 e. The van der Waals surface area contributed by atoms with Crippen LogP contribution in [-0.2, 0) is 27.6 Å². The fourth-order valence-electron chi connectivity index (χ4n) is 4.90. The van der Waals surface area contributed by atoms with Gasteiger partial charge in [-0.25, -0.2) is 18.7 Å². The Morgan fingerprint density at radius 2 is 2.20 bits per heavy atom. The summed E-state index contributed by atoms with van der Waals surface area (Å²) in [6.45, 7) is 7.20. The summed E-state index contributed by atoms with van der Waals surface area (Å²) in [6.07, 6.45) is -1.29. The summed E-state index contributed by atoms with van der Waals surface area (Å²) in [6, 6.07) is 3.43. The van der Waals surface area contributed by atoms with E-state index >= 15 is 0 Å². The lowest BCUT2D eigenvalue weighted by molar-refractivity contribution is -0.0149. The van der Waals surface area contributed by atoms with Gasteiger partial charge in [-0.3, -0.25) is 23.3 Å². The number of nitrogens with two attached hydrogens (primary N) is 1. The third-order valence-corrected chi connectivity index (χ3v) is 8.49. The van der Waals surface area contributed by atoms with Gasteiger partial charge < -0.3 is 19.8 Å². The fraction of sp³-hybridized carbons (Fsp3) is 0.440. The molecule has 220 valence electrons. The lowest BCUT2D eigenvalue weighted by Crippen LogP contribution is -2.28. The van der Waals surface area contributed by atoms with Crippen molar-refractivity contribution in [1.82, 2.24) is 19.5 Å². The van der Waals surface area contributed by atoms with E-state index in [0.717, 1.165) is 0 Å². The van der Waals surface area contributed by atoms with Crippen LogP contribution in [-0.4, -0.2) is 51.1 Å². The van der Waals surface area contributed by atoms with E-state index in [9.17, 15) is 18.5 Å². The number of carbonyl (C=O) groups excluding carboxylic acids is 1. The number of hydrogen-bond donors (Lipinski definition) is 2. The third-order valence-electron chi connectivity index (χ3n) is 6.78. The van der Waals surface area contributed by atoms with Crippen molar-refractivity contribution in [2.45, 2.75) is 51.0 Å². The average Bonchev–Trinajstić information content (AvgIpc) is 3.44. The van der Waals surface area contributed by atoms with Crippen LogP contribution >= 0.6 is 19.4 Å². The molecule has 2 aliphatic rings. The van der Waals surface area contributed by atoms with Gasteiger partial charge in [-0.2, -0.15) is 4.98 Å². The first-order valence-corrected chi connectivity index (χ1v) is 14.6. The Kier molecular flexibility index (Phi) is 8.22. The molecule has 1 saturated heterocycles. The van der Waals surface area contributed by atoms with Crippen molar-refractivity contribution in [3.05, 3.63) is 63.4 Å². The van der Waals surface area contributed by atoms with Crippen molar-refractivity contribution >= 4 is 42.7 Å². The first kappa shape index (κ1) is 29.2. The van der Waals surface area contributed by atoms with Gasteiger partial charge in [0.1, 0.15) is 11.9 Å². The minimum atomic E-state index is -4.18. The Labute approximate surface area is 238 Å². The van der Waals surface area contributed by atoms with Gasteiger partial charge in [-0.05, 0) is 37.6 Å². The van der Waals surface area contributed by atoms with Crippen LogP contribution in [0.4, 0.5) is 15.1 Å². The molecular formula is C25H28ClFN5O8P. The van der Waals surface area contributed by atoms with E-state index in [1.807, 2.05) is 0 Å². The Hall–Kier alpha value is -3.29. The Balaban J connectivity index is 1.38. The van der Waals surface area contributed by atoms with Crippen LogP contribution in [0.1, 0.15) is 44.4 Å². The van der Waals surface area contributed by atoms with Gasteiger partial charge in [0, 0.05) is 29.3 Å². The van der Waals surface area contributed by atoms with Gasteiger partial charge >= 0.3 is 14.0 Å². The molecule has 1 aromatic carbocycles. The van der Waals surface area contributed by atoms with Gasteiger partial charge in [-0.1, -0.05) is 18.2 Å². The maximum atomic E-state index is 14.5. The monoisotopic (exact) mass is 611 g/mol. The lowest BCUT2D eigenvalue weighted by Gasteiger charge is -2.30. The van der Waals surface area contributed by atoms with Gasteiger partial charge in [0.2, 0.25) is 5.95 Å². The maximum Gasteiger partial charge on any atom is 0.508 e. The minimum absolute atomic E-state index is 0.0224. The molecule has 16 heteroatoms. The standard InChI is InChI=1S/C25H28ClFN5O8P/c1-12(2)38-25(34)39-20-9-18(32-11-29-21-22(32)30-24(28)31-23(21)33)13(3)16(20)10-37-41(35)36-7-6-19(40-41)15-8-14(26)4-5-17(15)27/h4-5,8,11-12,16,18-20H,3,6-7,9-10H2,1-2H3,(H3,28,30,31,33)/t16-,18-,19+,20-,41?/m0/s1. The number of halogens is 2. The number of aromatic nitrogens is 4. The molecule has 3 aromatic rings. The predicted molar refractivity (Wildman–Crippen MR) is 145 cm³/mol. The molecule has 3 heterocycles. The van der Waals surface area contributed by atoms with E-state index in [2.05, 4.69) is 21.5 Å². The maximum absolute atomic E-state index is 14.5. The van der Waals surface area contributed by atoms with E-state index in [-0.39, 0.29) is 48.7 Å². The zero-order valence-electron chi connectivity index (χ0n) is 22.1. The van der Waals surface area contributed by atoms with Crippen molar-refractivity contribution in [1.29, 1.82) is 0 Å². The second-order valence-corrected chi connectivity index (χ2v) is 12.0. The highest BCUT2D eigenvalue weighted by molar-refractivity contribution is 7.48. The molecule has 1 aliphatic carbocycles. The molecular weight excluding hydrogens is 584 g/mol. The van der Waals surface area contributed by atoms with E-state index in [1.54, 1.807) is 18.4 Å². The first-order chi connectivity index (χ1) is 19.4. The molecule has 2 aromatic heterocycles. The number of carbonyl (C=O) groups is 1. The second-order valence-electron chi connectivity index (χ2n) is 9.91. The summed E-state index contributed by atoms with van der Waals surface area (Å²) < 4.78 is 56.9. The van der Waals surface area contributed by atoms with Crippen LogP contribution in [0.3, 0.4) is 0 Å². The van der Waals surface area contributed by atoms with Crippen molar-refractivity contribution in [2.24, 2.45) is 5.92 Å². The molecule has 1 aliphatic heterocycles. The van der Waals surface area contributed by atoms with Crippen LogP contribution in [0, 0.1) is 11.7 Å². The molecule has 5 rings (SSSR count). The first-order valence-electron chi connectivity index (χ1n) is 12.7. The second kappa shape index (κ2) is 11.5. The number of nitrogens with zero attached hydrogens (tertiary/aromatic N) is 3. The van der Waals surface area contributed by atoms with Gasteiger partial charge in [0.25, 0.3) is 5.56 Å². The van der Waals surface area contributed by atoms with Crippen molar-refractivity contribution in [3.63, 3.8) is 0 Å². The number of rotatable bonds is 7. The van der Waals surface area contributed by atoms with E-state index < -0.39 is 55.6 Å². The number of nitrogens with one attached hydrogen (secondary N) is 1. The molecule has 1 saturated carbocycles. The molecule has 3 N–H and O–H groups in total. The summed E-state index contributed by atoms with van der Waals surface area (Å²) in [5, 5.41) is 0.291. The molecule has 5 atom stereocenters. The number of H-pyrrole nitrogens is 1. The number of phosphoric ester groups is 1. The number of benzene rings is 1. The Morgan fingerprint density at radius 1 is 1.41 bits per heavy atom. The summed E-state index contributed by atoms with van der Waals surface area (Å²) in [7, 11) is -4.18. The fourth-order valence-corrected chi connectivity index (χ4v) is 6.48. The number of aromatic amines is 1. The van der Waals surface area contributed by atoms with E-state index in [0.29, 0.717) is 10.6 Å². The summed E-state index contributed by atoms with van der Waals surface area (Å²) in [4.78, 5) is 35.5. The van der Waals surface area contributed by atoms with E-state index in [4.69, 9.17) is 40.4 Å². The highest BCUT2D eigenvalue weighted by Crippen LogP contribution is 2.58. The number of nitrogen functional groups attached to an aromatic ring is 1. The zero-order valence-corrected chi connectivity index (χ0v) is 23.8. The number of phosphoric acid groups is 1. The van der Waals surface area contributed by atoms with Crippen LogP contribution < -0.4 is 11.3 Å². The Bertz CT molecular complexity index is 1600. The molecule has 0 amide bonds. The van der Waals surface area contributed by atoms with Crippen LogP contribution in [0.5, 0.6) is 0 Å². The number of hydrogen-bond acceptors (Lipinski definition) is 11. The molecule has 2 fully saturated rings. The number of ether oxygens (including phenoxy) is 2. The number of anilines is 1. The molecule has 41 heavy (non-hydrogen) atoms. The smallest absolute Gasteiger partial charge is 0.432 e. The summed E-state index contributed by atoms with van der Waals surface area (Å²) in [5.41, 5.74) is 6.14. The lowest BCUT2D eigenvalue weighted by atomic mass is 10.0. The van der Waals surface area contributed by atoms with Crippen LogP contribution in [0.25, 0.3) is 11.2 Å². The van der Waals surface area contributed by atoms with Gasteiger partial charge in [0.05, 0.1) is 37.8 Å². The number of fused-ring (bicyclic) bond motifs is 1. The normalized spacial score (nSPS) is 26.5. The SMILES string of the molecule is C=C1[C@H](COP2(=O)OCC[C@H](c3cc(Cl)ccc3F)O2)[C@@H](OC(=O)OC(C)C)C[C@@H]1n1cnc2c(=O)[nH]c(N)nc21. The van der Waals surface area contributed by atoms with Gasteiger partial charge in [0.15, 0.2) is 11.2 Å². The minimum Gasteiger partial charge on any atom is -0.432 e. The van der Waals surface area contributed by atoms with Crippen LogP contribution in [0.2, 0.25) is 5.02 Å². The number of imidazole rings is 1. The van der Waals surface area contributed by atoms with E-state index in [1.165, 1.54) is 24.5 Å². The van der Waals surface area contributed by atoms with Gasteiger partial charge in [-0.15, -0.1) is 0 Å². The topological polar surface area (TPSA) is 170 Å². The van der Waals surface area contributed by atoms with Crippen molar-refractivity contribution < 1.29 is 36.8 Å². The molecule has 0 radical (unpaired) electrons. The quantitative estimate of drug-likeness (QED) is 0.213. The summed E-state index contributed by atoms with van der Waals surface area (Å²) in [5.74, 6) is -1.38. The third kappa shape index (κ3) is 6.16. The highest BCUT2D eigenvalue weighted by Gasteiger charge is 2.45.